The Balaban J connectivity index is 1.64. The Morgan fingerprint density at radius 3 is 2.75 bits per heavy atom. The number of ether oxygens (including phenoxy) is 1. The molecule has 1 atom stereocenters. The van der Waals surface area contributed by atoms with Crippen molar-refractivity contribution in [1.82, 2.24) is 9.97 Å². The average Bonchev–Trinajstić information content (AvgIpc) is 3.13. The number of carbonyl (C=O) groups excluding carboxylic acids is 1. The van der Waals surface area contributed by atoms with Gasteiger partial charge in [0.2, 0.25) is 17.7 Å². The summed E-state index contributed by atoms with van der Waals surface area (Å²) in [5.41, 5.74) is 9.07. The highest BCUT2D eigenvalue weighted by Crippen LogP contribution is 2.39. The van der Waals surface area contributed by atoms with E-state index < -0.39 is 13.0 Å². The van der Waals surface area contributed by atoms with E-state index in [1.807, 2.05) is 24.0 Å². The van der Waals surface area contributed by atoms with Gasteiger partial charge in [0.25, 0.3) is 0 Å². The number of fused-ring (bicyclic) bond motifs is 1. The number of rotatable bonds is 7. The van der Waals surface area contributed by atoms with E-state index in [9.17, 15) is 14.8 Å². The number of primary amides is 1. The molecule has 1 amide bonds. The van der Waals surface area contributed by atoms with Crippen molar-refractivity contribution < 1.29 is 19.6 Å². The van der Waals surface area contributed by atoms with E-state index in [4.69, 9.17) is 10.5 Å². The third-order valence-corrected chi connectivity index (χ3v) is 5.45. The van der Waals surface area contributed by atoms with Crippen LogP contribution < -0.4 is 26.2 Å². The largest absolute Gasteiger partial charge is 0.488 e. The summed E-state index contributed by atoms with van der Waals surface area (Å²) < 4.78 is 5.38. The Hall–Kier alpha value is -3.63. The molecule has 164 valence electrons. The van der Waals surface area contributed by atoms with Gasteiger partial charge < -0.3 is 30.7 Å². The van der Waals surface area contributed by atoms with Crippen LogP contribution in [0.25, 0.3) is 0 Å². The van der Waals surface area contributed by atoms with Gasteiger partial charge in [-0.05, 0) is 42.1 Å². The molecule has 32 heavy (non-hydrogen) atoms. The van der Waals surface area contributed by atoms with Gasteiger partial charge in [-0.2, -0.15) is 9.97 Å². The number of carbonyl (C=O) groups is 1. The van der Waals surface area contributed by atoms with E-state index in [0.29, 0.717) is 41.6 Å². The van der Waals surface area contributed by atoms with Crippen LogP contribution in [0.15, 0.2) is 48.5 Å². The first-order chi connectivity index (χ1) is 15.4. The topological polar surface area (TPSA) is 134 Å². The lowest BCUT2D eigenvalue weighted by molar-refractivity contribution is 0.0999. The molecule has 2 aromatic carbocycles. The fourth-order valence-corrected chi connectivity index (χ4v) is 3.95. The number of nitrogens with zero attached hydrogens (tertiary/aromatic N) is 3. The van der Waals surface area contributed by atoms with Crippen molar-refractivity contribution in [2.45, 2.75) is 25.9 Å². The van der Waals surface area contributed by atoms with Crippen LogP contribution in [0.2, 0.25) is 0 Å². The predicted octanol–water partition coefficient (Wildman–Crippen LogP) is 0.959. The third kappa shape index (κ3) is 4.23. The summed E-state index contributed by atoms with van der Waals surface area (Å²) in [6.07, 6.45) is 0.647. The maximum absolute atomic E-state index is 11.9. The molecule has 0 saturated heterocycles. The van der Waals surface area contributed by atoms with Gasteiger partial charge in [0.15, 0.2) is 0 Å². The first kappa shape index (κ1) is 21.6. The lowest BCUT2D eigenvalue weighted by atomic mass is 9.80. The molecule has 0 radical (unpaired) electrons. The van der Waals surface area contributed by atoms with Crippen LogP contribution in [-0.4, -0.2) is 46.2 Å². The van der Waals surface area contributed by atoms with E-state index >= 15 is 0 Å². The second-order valence-electron chi connectivity index (χ2n) is 7.66. The van der Waals surface area contributed by atoms with E-state index in [-0.39, 0.29) is 6.04 Å². The smallest absolute Gasteiger partial charge is 0.481 e. The molecule has 2 heterocycles. The number of benzene rings is 2. The maximum Gasteiger partial charge on any atom is 0.488 e. The van der Waals surface area contributed by atoms with Crippen LogP contribution in [0.1, 0.15) is 28.4 Å². The number of nitrogens with one attached hydrogen (secondary N) is 1. The Labute approximate surface area is 186 Å². The standard InChI is InChI=1S/C22H24BN5O4/c1-13-9-17-16(21(24)29)7-4-8-18(17)28(13)22-26-19(11-20(27-22)32-2)25-12-14-5-3-6-15(10-14)23(30)31/h3-8,10-11,13,30-31H,9,12H2,1-2H3,(H2,24,29)(H,25,26,27). The number of methoxy groups -OCH3 is 1. The van der Waals surface area contributed by atoms with Gasteiger partial charge in [-0.25, -0.2) is 0 Å². The molecule has 10 heteroatoms. The molecule has 4 rings (SSSR count). The van der Waals surface area contributed by atoms with Gasteiger partial charge in [-0.3, -0.25) is 4.79 Å². The summed E-state index contributed by atoms with van der Waals surface area (Å²) >= 11 is 0. The molecular formula is C22H24BN5O4. The van der Waals surface area contributed by atoms with Crippen LogP contribution >= 0.6 is 0 Å². The number of amides is 1. The van der Waals surface area contributed by atoms with Gasteiger partial charge in [0, 0.05) is 29.9 Å². The summed E-state index contributed by atoms with van der Waals surface area (Å²) in [5, 5.41) is 22.0. The van der Waals surface area contributed by atoms with Crippen molar-refractivity contribution in [2.24, 2.45) is 5.73 Å². The van der Waals surface area contributed by atoms with Gasteiger partial charge >= 0.3 is 7.12 Å². The molecule has 1 aliphatic heterocycles. The molecule has 5 N–H and O–H groups in total. The summed E-state index contributed by atoms with van der Waals surface area (Å²) in [4.78, 5) is 23.0. The molecule has 0 spiro atoms. The van der Waals surface area contributed by atoms with Gasteiger partial charge in [-0.1, -0.05) is 30.3 Å². The Bertz CT molecular complexity index is 1160. The highest BCUT2D eigenvalue weighted by Gasteiger charge is 2.32. The second kappa shape index (κ2) is 8.85. The van der Waals surface area contributed by atoms with Gasteiger partial charge in [0.05, 0.1) is 7.11 Å². The SMILES string of the molecule is COc1cc(NCc2cccc(B(O)O)c2)nc(N2c3cccc(C(N)=O)c3CC2C)n1. The zero-order chi connectivity index (χ0) is 22.8. The molecule has 0 bridgehead atoms. The summed E-state index contributed by atoms with van der Waals surface area (Å²) in [5.74, 6) is 0.927. The second-order valence-corrected chi connectivity index (χ2v) is 7.66. The predicted molar refractivity (Wildman–Crippen MR) is 122 cm³/mol. The minimum absolute atomic E-state index is 0.0215. The van der Waals surface area contributed by atoms with E-state index in [0.717, 1.165) is 16.8 Å². The minimum Gasteiger partial charge on any atom is -0.481 e. The quantitative estimate of drug-likeness (QED) is 0.405. The van der Waals surface area contributed by atoms with E-state index in [1.54, 1.807) is 36.4 Å². The summed E-state index contributed by atoms with van der Waals surface area (Å²) in [6.45, 7) is 2.45. The number of hydrogen-bond acceptors (Lipinski definition) is 8. The van der Waals surface area contributed by atoms with Crippen LogP contribution in [0.5, 0.6) is 5.88 Å². The molecular weight excluding hydrogens is 409 g/mol. The van der Waals surface area contributed by atoms with Crippen LogP contribution in [-0.2, 0) is 13.0 Å². The highest BCUT2D eigenvalue weighted by molar-refractivity contribution is 6.58. The zero-order valence-electron chi connectivity index (χ0n) is 17.8. The third-order valence-electron chi connectivity index (χ3n) is 5.45. The Morgan fingerprint density at radius 2 is 2.03 bits per heavy atom. The normalized spacial score (nSPS) is 14.8. The van der Waals surface area contributed by atoms with Crippen molar-refractivity contribution in [1.29, 1.82) is 0 Å². The Kier molecular flexibility index (Phi) is 5.98. The number of hydrogen-bond donors (Lipinski definition) is 4. The van der Waals surface area contributed by atoms with E-state index in [1.165, 1.54) is 7.11 Å². The number of nitrogens with two attached hydrogens (primary N) is 1. The fraction of sp³-hybridized carbons (Fsp3) is 0.227. The molecule has 0 aliphatic carbocycles. The molecule has 3 aromatic rings. The van der Waals surface area contributed by atoms with Crippen LogP contribution in [0.3, 0.4) is 0 Å². The minimum atomic E-state index is -1.53. The summed E-state index contributed by atoms with van der Waals surface area (Å²) in [6, 6.07) is 14.2. The average molecular weight is 433 g/mol. The van der Waals surface area contributed by atoms with E-state index in [2.05, 4.69) is 15.3 Å². The summed E-state index contributed by atoms with van der Waals surface area (Å²) in [7, 11) is 0.0110. The van der Waals surface area contributed by atoms with Crippen molar-refractivity contribution in [3.05, 3.63) is 65.2 Å². The maximum atomic E-state index is 11.9. The lowest BCUT2D eigenvalue weighted by Gasteiger charge is -2.23. The Morgan fingerprint density at radius 1 is 1.25 bits per heavy atom. The molecule has 0 saturated carbocycles. The zero-order valence-corrected chi connectivity index (χ0v) is 17.8. The van der Waals surface area contributed by atoms with Crippen molar-refractivity contribution >= 4 is 35.9 Å². The molecule has 1 aliphatic rings. The monoisotopic (exact) mass is 433 g/mol. The van der Waals surface area contributed by atoms with Gasteiger partial charge in [-0.15, -0.1) is 0 Å². The first-order valence-electron chi connectivity index (χ1n) is 10.2. The first-order valence-corrected chi connectivity index (χ1v) is 10.2. The van der Waals surface area contributed by atoms with Gasteiger partial charge in [0.1, 0.15) is 5.82 Å². The molecule has 9 nitrogen and oxygen atoms in total. The van der Waals surface area contributed by atoms with Crippen molar-refractivity contribution in [3.63, 3.8) is 0 Å². The molecule has 0 fully saturated rings. The van der Waals surface area contributed by atoms with Crippen LogP contribution in [0.4, 0.5) is 17.5 Å². The number of anilines is 3. The highest BCUT2D eigenvalue weighted by atomic mass is 16.5. The van der Waals surface area contributed by atoms with Crippen LogP contribution in [0, 0.1) is 0 Å². The molecule has 1 unspecified atom stereocenters. The number of aromatic nitrogens is 2. The lowest BCUT2D eigenvalue weighted by Crippen LogP contribution is -2.30. The molecule has 1 aromatic heterocycles. The van der Waals surface area contributed by atoms with Crippen molar-refractivity contribution in [2.75, 3.05) is 17.3 Å². The van der Waals surface area contributed by atoms with Crippen molar-refractivity contribution in [3.8, 4) is 5.88 Å². The fourth-order valence-electron chi connectivity index (χ4n) is 3.95.